The molecular weight excluding hydrogens is 442 g/mol. The summed E-state index contributed by atoms with van der Waals surface area (Å²) in [6, 6.07) is 12.6. The summed E-state index contributed by atoms with van der Waals surface area (Å²) >= 11 is 0. The van der Waals surface area contributed by atoms with Crippen LogP contribution in [-0.4, -0.2) is 52.4 Å². The lowest BCUT2D eigenvalue weighted by molar-refractivity contribution is -0.181. The molecule has 1 spiro atoms. The van der Waals surface area contributed by atoms with E-state index in [0.717, 1.165) is 29.8 Å². The number of hydrogen-bond donors (Lipinski definition) is 0. The predicted molar refractivity (Wildman–Crippen MR) is 132 cm³/mol. The number of hydrogen-bond acceptors (Lipinski definition) is 5. The largest absolute Gasteiger partial charge is 0.449 e. The van der Waals surface area contributed by atoms with Crippen molar-refractivity contribution in [3.63, 3.8) is 0 Å². The maximum Gasteiger partial charge on any atom is 0.289 e. The van der Waals surface area contributed by atoms with Gasteiger partial charge in [0.25, 0.3) is 5.91 Å². The molecule has 2 saturated heterocycles. The molecule has 1 amide bonds. The predicted octanol–water partition coefficient (Wildman–Crippen LogP) is 5.60. The highest BCUT2D eigenvalue weighted by atomic mass is 16.7. The molecule has 3 fully saturated rings. The van der Waals surface area contributed by atoms with Crippen LogP contribution in [0.25, 0.3) is 22.7 Å². The number of aryl methyl sites for hydroxylation is 1. The van der Waals surface area contributed by atoms with Crippen molar-refractivity contribution < 1.29 is 18.7 Å². The smallest absolute Gasteiger partial charge is 0.289 e. The summed E-state index contributed by atoms with van der Waals surface area (Å²) in [5.74, 6) is 0.490. The van der Waals surface area contributed by atoms with Gasteiger partial charge in [-0.1, -0.05) is 49.1 Å². The van der Waals surface area contributed by atoms with Crippen LogP contribution in [-0.2, 0) is 9.47 Å². The Bertz CT molecular complexity index is 1170. The van der Waals surface area contributed by atoms with Crippen LogP contribution in [0.5, 0.6) is 0 Å². The van der Waals surface area contributed by atoms with Gasteiger partial charge in [-0.3, -0.25) is 4.79 Å². The van der Waals surface area contributed by atoms with Crippen LogP contribution in [0.4, 0.5) is 0 Å². The van der Waals surface area contributed by atoms with Crippen molar-refractivity contribution >= 4 is 5.91 Å². The zero-order chi connectivity index (χ0) is 23.8. The minimum absolute atomic E-state index is 0.0790. The second-order valence-electron chi connectivity index (χ2n) is 10.1. The Labute approximate surface area is 206 Å². The minimum atomic E-state index is -0.499. The van der Waals surface area contributed by atoms with Gasteiger partial charge in [0.15, 0.2) is 17.3 Å². The topological polar surface area (TPSA) is 69.7 Å². The van der Waals surface area contributed by atoms with Crippen molar-refractivity contribution in [1.29, 1.82) is 0 Å². The molecule has 0 unspecified atom stereocenters. The summed E-state index contributed by atoms with van der Waals surface area (Å²) in [6.07, 6.45) is 9.37. The molecule has 2 aliphatic heterocycles. The van der Waals surface area contributed by atoms with Crippen LogP contribution < -0.4 is 0 Å². The summed E-state index contributed by atoms with van der Waals surface area (Å²) in [6.45, 7) is 4.55. The van der Waals surface area contributed by atoms with E-state index in [-0.39, 0.29) is 5.91 Å². The Morgan fingerprint density at radius 2 is 1.69 bits per heavy atom. The van der Waals surface area contributed by atoms with Crippen molar-refractivity contribution in [2.75, 3.05) is 26.3 Å². The summed E-state index contributed by atoms with van der Waals surface area (Å²) in [7, 11) is 0. The lowest BCUT2D eigenvalue weighted by Crippen LogP contribution is -2.47. The van der Waals surface area contributed by atoms with Crippen LogP contribution >= 0.6 is 0 Å². The zero-order valence-electron chi connectivity index (χ0n) is 20.4. The second kappa shape index (κ2) is 9.28. The lowest BCUT2D eigenvalue weighted by Gasteiger charge is -2.37. The number of ether oxygens (including phenoxy) is 2. The highest BCUT2D eigenvalue weighted by Crippen LogP contribution is 2.39. The molecule has 7 nitrogen and oxygen atoms in total. The summed E-state index contributed by atoms with van der Waals surface area (Å²) in [5.41, 5.74) is 4.14. The minimum Gasteiger partial charge on any atom is -0.449 e. The zero-order valence-corrected chi connectivity index (χ0v) is 20.4. The molecule has 1 aromatic carbocycles. The number of furan rings is 1. The molecule has 2 aromatic heterocycles. The number of carbonyl (C=O) groups is 1. The first-order chi connectivity index (χ1) is 17.1. The van der Waals surface area contributed by atoms with Crippen LogP contribution in [0.2, 0.25) is 0 Å². The van der Waals surface area contributed by atoms with E-state index < -0.39 is 5.79 Å². The Balaban J connectivity index is 1.29. The SMILES string of the molecule is Cc1ccc(-c2ncn(C3CCCCC3)c2-c2ccc(C(=O)N3CCC4(CC3)OCCO4)o2)cc1. The highest BCUT2D eigenvalue weighted by Gasteiger charge is 2.41. The molecule has 184 valence electrons. The van der Waals surface area contributed by atoms with Gasteiger partial charge in [-0.2, -0.15) is 0 Å². The Hall–Kier alpha value is -2.90. The Kier molecular flexibility index (Phi) is 5.98. The van der Waals surface area contributed by atoms with Gasteiger partial charge in [0, 0.05) is 37.5 Å². The molecule has 0 bridgehead atoms. The molecule has 0 radical (unpaired) electrons. The van der Waals surface area contributed by atoms with Crippen molar-refractivity contribution in [2.24, 2.45) is 0 Å². The van der Waals surface area contributed by atoms with Crippen LogP contribution in [0.3, 0.4) is 0 Å². The van der Waals surface area contributed by atoms with Gasteiger partial charge in [-0.15, -0.1) is 0 Å². The van der Waals surface area contributed by atoms with Crippen molar-refractivity contribution in [2.45, 2.75) is 63.7 Å². The molecule has 0 atom stereocenters. The van der Waals surface area contributed by atoms with Gasteiger partial charge in [0.1, 0.15) is 5.69 Å². The lowest BCUT2D eigenvalue weighted by atomic mass is 9.95. The molecule has 6 rings (SSSR count). The molecular formula is C28H33N3O4. The average Bonchev–Trinajstić information content (AvgIpc) is 3.65. The first-order valence-corrected chi connectivity index (χ1v) is 12.9. The Morgan fingerprint density at radius 1 is 0.971 bits per heavy atom. The van der Waals surface area contributed by atoms with Crippen LogP contribution in [0.15, 0.2) is 47.1 Å². The van der Waals surface area contributed by atoms with E-state index in [0.29, 0.717) is 56.7 Å². The van der Waals surface area contributed by atoms with Gasteiger partial charge in [0.05, 0.1) is 25.2 Å². The molecule has 1 saturated carbocycles. The van der Waals surface area contributed by atoms with E-state index in [1.165, 1.54) is 24.8 Å². The third-order valence-corrected chi connectivity index (χ3v) is 7.76. The van der Waals surface area contributed by atoms with Crippen molar-refractivity contribution in [3.8, 4) is 22.7 Å². The molecule has 35 heavy (non-hydrogen) atoms. The third kappa shape index (κ3) is 4.32. The maximum atomic E-state index is 13.3. The first-order valence-electron chi connectivity index (χ1n) is 12.9. The van der Waals surface area contributed by atoms with Crippen molar-refractivity contribution in [1.82, 2.24) is 14.5 Å². The van der Waals surface area contributed by atoms with Gasteiger partial charge in [-0.25, -0.2) is 4.98 Å². The fourth-order valence-electron chi connectivity index (χ4n) is 5.74. The molecule has 0 N–H and O–H groups in total. The van der Waals surface area contributed by atoms with Crippen LogP contribution in [0, 0.1) is 6.92 Å². The number of amides is 1. The fourth-order valence-corrected chi connectivity index (χ4v) is 5.74. The van der Waals surface area contributed by atoms with E-state index in [9.17, 15) is 4.79 Å². The molecule has 1 aliphatic carbocycles. The van der Waals surface area contributed by atoms with E-state index in [1.54, 1.807) is 0 Å². The normalized spacial score (nSPS) is 20.5. The van der Waals surface area contributed by atoms with Crippen molar-refractivity contribution in [3.05, 3.63) is 54.0 Å². The average molecular weight is 476 g/mol. The molecule has 3 aromatic rings. The number of aromatic nitrogens is 2. The quantitative estimate of drug-likeness (QED) is 0.491. The molecule has 4 heterocycles. The number of piperidine rings is 1. The Morgan fingerprint density at radius 3 is 2.40 bits per heavy atom. The van der Waals surface area contributed by atoms with E-state index in [1.807, 2.05) is 23.4 Å². The van der Waals surface area contributed by atoms with Crippen LogP contribution in [0.1, 0.15) is 67.1 Å². The second-order valence-corrected chi connectivity index (χ2v) is 10.1. The summed E-state index contributed by atoms with van der Waals surface area (Å²) < 4.78 is 20.2. The number of benzene rings is 1. The standard InChI is InChI=1S/C28H33N3O4/c1-20-7-9-21(10-8-20)25-26(31(19-29-25)22-5-3-2-4-6-22)23-11-12-24(35-23)27(32)30-15-13-28(14-16-30)33-17-18-34-28/h7-12,19,22H,2-6,13-18H2,1H3. The van der Waals surface area contributed by atoms with E-state index in [2.05, 4.69) is 35.8 Å². The van der Waals surface area contributed by atoms with Gasteiger partial charge in [0.2, 0.25) is 0 Å². The number of nitrogens with zero attached hydrogens (tertiary/aromatic N) is 3. The number of likely N-dealkylation sites (tertiary alicyclic amines) is 1. The van der Waals surface area contributed by atoms with E-state index in [4.69, 9.17) is 18.9 Å². The summed E-state index contributed by atoms with van der Waals surface area (Å²) in [5, 5.41) is 0. The molecule has 3 aliphatic rings. The first kappa shape index (κ1) is 22.6. The molecule has 7 heteroatoms. The van der Waals surface area contributed by atoms with Gasteiger partial charge >= 0.3 is 0 Å². The van der Waals surface area contributed by atoms with Gasteiger partial charge < -0.3 is 23.4 Å². The van der Waals surface area contributed by atoms with E-state index >= 15 is 0 Å². The number of carbonyl (C=O) groups excluding carboxylic acids is 1. The highest BCUT2D eigenvalue weighted by molar-refractivity contribution is 5.92. The maximum absolute atomic E-state index is 13.3. The van der Waals surface area contributed by atoms with Gasteiger partial charge in [-0.05, 0) is 31.9 Å². The number of rotatable bonds is 4. The third-order valence-electron chi connectivity index (χ3n) is 7.76. The summed E-state index contributed by atoms with van der Waals surface area (Å²) in [4.78, 5) is 20.0. The number of imidazole rings is 1. The monoisotopic (exact) mass is 475 g/mol. The fraction of sp³-hybridized carbons (Fsp3) is 0.500.